The fourth-order valence-corrected chi connectivity index (χ4v) is 3.32. The maximum Gasteiger partial charge on any atom is 0.346 e. The van der Waals surface area contributed by atoms with Gasteiger partial charge in [-0.3, -0.25) is 4.79 Å². The van der Waals surface area contributed by atoms with Crippen LogP contribution in [0, 0.1) is 6.92 Å². The van der Waals surface area contributed by atoms with Crippen molar-refractivity contribution in [2.45, 2.75) is 26.7 Å². The van der Waals surface area contributed by atoms with E-state index in [4.69, 9.17) is 9.15 Å². The first-order chi connectivity index (χ1) is 14.6. The van der Waals surface area contributed by atoms with Gasteiger partial charge in [0, 0.05) is 10.9 Å². The molecule has 0 aliphatic rings. The van der Waals surface area contributed by atoms with Gasteiger partial charge in [-0.25, -0.2) is 9.78 Å². The molecule has 0 fully saturated rings. The number of ether oxygens (including phenoxy) is 1. The van der Waals surface area contributed by atoms with E-state index in [1.165, 1.54) is 0 Å². The molecule has 0 bridgehead atoms. The lowest BCUT2D eigenvalue weighted by molar-refractivity contribution is 0.102. The number of para-hydroxylation sites is 1. The van der Waals surface area contributed by atoms with Crippen LogP contribution in [0.2, 0.25) is 0 Å². The molecule has 0 saturated heterocycles. The molecule has 4 aromatic rings. The monoisotopic (exact) mass is 402 g/mol. The van der Waals surface area contributed by atoms with Crippen molar-refractivity contribution in [3.8, 4) is 5.75 Å². The minimum atomic E-state index is -0.440. The van der Waals surface area contributed by atoms with Gasteiger partial charge in [-0.05, 0) is 61.4 Å². The van der Waals surface area contributed by atoms with E-state index in [1.54, 1.807) is 49.4 Å². The number of carbonyl (C=O) groups is 1. The van der Waals surface area contributed by atoms with Crippen LogP contribution < -0.4 is 15.7 Å². The van der Waals surface area contributed by atoms with Crippen LogP contribution in [0.1, 0.15) is 35.7 Å². The highest BCUT2D eigenvalue weighted by molar-refractivity contribution is 6.06. The Kier molecular flexibility index (Phi) is 5.48. The zero-order valence-corrected chi connectivity index (χ0v) is 16.9. The molecular formula is C24H22N2O4. The molecule has 1 amide bonds. The number of rotatable bonds is 6. The van der Waals surface area contributed by atoms with Crippen molar-refractivity contribution < 1.29 is 13.9 Å². The number of aromatic nitrogens is 1. The van der Waals surface area contributed by atoms with Gasteiger partial charge in [0.05, 0.1) is 17.5 Å². The van der Waals surface area contributed by atoms with Crippen molar-refractivity contribution in [3.05, 3.63) is 76.1 Å². The molecule has 30 heavy (non-hydrogen) atoms. The van der Waals surface area contributed by atoms with Gasteiger partial charge in [-0.15, -0.1) is 0 Å². The summed E-state index contributed by atoms with van der Waals surface area (Å²) in [4.78, 5) is 29.6. The maximum absolute atomic E-state index is 12.7. The predicted molar refractivity (Wildman–Crippen MR) is 117 cm³/mol. The molecule has 4 rings (SSSR count). The molecule has 1 N–H and O–H groups in total. The normalized spacial score (nSPS) is 11.0. The largest absolute Gasteiger partial charge is 0.494 e. The number of pyridine rings is 1. The second-order valence-corrected chi connectivity index (χ2v) is 7.11. The van der Waals surface area contributed by atoms with Gasteiger partial charge in [0.25, 0.3) is 5.91 Å². The summed E-state index contributed by atoms with van der Waals surface area (Å²) in [5.74, 6) is 0.829. The Balaban J connectivity index is 1.63. The molecule has 2 heterocycles. The number of nitrogens with one attached hydrogen (secondary N) is 1. The van der Waals surface area contributed by atoms with Crippen molar-refractivity contribution in [3.63, 3.8) is 0 Å². The average Bonchev–Trinajstić information content (AvgIpc) is 2.74. The number of anilines is 1. The van der Waals surface area contributed by atoms with Gasteiger partial charge < -0.3 is 14.5 Å². The summed E-state index contributed by atoms with van der Waals surface area (Å²) in [5.41, 5.74) is 1.72. The van der Waals surface area contributed by atoms with E-state index in [9.17, 15) is 9.59 Å². The van der Waals surface area contributed by atoms with Crippen LogP contribution in [0.3, 0.4) is 0 Å². The smallest absolute Gasteiger partial charge is 0.346 e. The second-order valence-electron chi connectivity index (χ2n) is 7.11. The molecule has 0 unspecified atom stereocenters. The van der Waals surface area contributed by atoms with Crippen LogP contribution in [0.5, 0.6) is 5.75 Å². The van der Waals surface area contributed by atoms with Crippen LogP contribution >= 0.6 is 0 Å². The standard InChI is InChI=1S/C24H22N2O4/c1-3-4-13-29-17-11-9-16(10-12-17)23(27)26-20-14-15(2)21-22(25-20)18-7-5-6-8-19(18)30-24(21)28/h5-12,14H,3-4,13H2,1-2H3,(H,25,26,27). The topological polar surface area (TPSA) is 81.4 Å². The van der Waals surface area contributed by atoms with E-state index in [2.05, 4.69) is 17.2 Å². The van der Waals surface area contributed by atoms with Crippen molar-refractivity contribution >= 4 is 33.6 Å². The minimum Gasteiger partial charge on any atom is -0.494 e. The first kappa shape index (κ1) is 19.6. The molecule has 0 saturated carbocycles. The predicted octanol–water partition coefficient (Wildman–Crippen LogP) is 5.08. The number of fused-ring (bicyclic) bond motifs is 3. The first-order valence-corrected chi connectivity index (χ1v) is 9.94. The summed E-state index contributed by atoms with van der Waals surface area (Å²) < 4.78 is 11.0. The van der Waals surface area contributed by atoms with Gasteiger partial charge in [-0.1, -0.05) is 25.5 Å². The Bertz CT molecular complexity index is 1280. The summed E-state index contributed by atoms with van der Waals surface area (Å²) in [6, 6.07) is 15.9. The third kappa shape index (κ3) is 3.89. The molecule has 152 valence electrons. The fourth-order valence-electron chi connectivity index (χ4n) is 3.32. The van der Waals surface area contributed by atoms with Crippen LogP contribution in [0.25, 0.3) is 21.9 Å². The third-order valence-corrected chi connectivity index (χ3v) is 4.89. The van der Waals surface area contributed by atoms with Gasteiger partial charge in [0.15, 0.2) is 0 Å². The van der Waals surface area contributed by atoms with E-state index in [0.29, 0.717) is 40.0 Å². The molecule has 0 atom stereocenters. The van der Waals surface area contributed by atoms with E-state index in [1.807, 2.05) is 12.1 Å². The van der Waals surface area contributed by atoms with E-state index in [-0.39, 0.29) is 5.91 Å². The average molecular weight is 402 g/mol. The molecule has 0 aliphatic carbocycles. The zero-order chi connectivity index (χ0) is 21.1. The van der Waals surface area contributed by atoms with Crippen molar-refractivity contribution in [2.24, 2.45) is 0 Å². The number of hydrogen-bond donors (Lipinski definition) is 1. The minimum absolute atomic E-state index is 0.284. The van der Waals surface area contributed by atoms with Crippen LogP contribution in [0.15, 0.2) is 63.8 Å². The number of hydrogen-bond acceptors (Lipinski definition) is 5. The molecule has 0 spiro atoms. The van der Waals surface area contributed by atoms with E-state index in [0.717, 1.165) is 24.0 Å². The summed E-state index contributed by atoms with van der Waals surface area (Å²) in [5, 5.41) is 3.96. The molecule has 0 aliphatic heterocycles. The highest BCUT2D eigenvalue weighted by Gasteiger charge is 2.14. The zero-order valence-electron chi connectivity index (χ0n) is 16.9. The van der Waals surface area contributed by atoms with E-state index >= 15 is 0 Å². The Morgan fingerprint density at radius 1 is 1.13 bits per heavy atom. The molecule has 6 nitrogen and oxygen atoms in total. The molecule has 2 aromatic heterocycles. The SMILES string of the molecule is CCCCOc1ccc(C(=O)Nc2cc(C)c3c(=O)oc4ccccc4c3n2)cc1. The summed E-state index contributed by atoms with van der Waals surface area (Å²) >= 11 is 0. The number of carbonyl (C=O) groups excluding carboxylic acids is 1. The lowest BCUT2D eigenvalue weighted by atomic mass is 10.1. The van der Waals surface area contributed by atoms with Gasteiger partial charge in [0.1, 0.15) is 17.2 Å². The van der Waals surface area contributed by atoms with Crippen molar-refractivity contribution in [2.75, 3.05) is 11.9 Å². The van der Waals surface area contributed by atoms with Crippen molar-refractivity contribution in [1.29, 1.82) is 0 Å². The summed E-state index contributed by atoms with van der Waals surface area (Å²) in [6.07, 6.45) is 2.05. The third-order valence-electron chi connectivity index (χ3n) is 4.89. The van der Waals surface area contributed by atoms with Crippen LogP contribution in [-0.4, -0.2) is 17.5 Å². The second kappa shape index (κ2) is 8.37. The van der Waals surface area contributed by atoms with Crippen LogP contribution in [0.4, 0.5) is 5.82 Å². The number of nitrogens with zero attached hydrogens (tertiary/aromatic N) is 1. The van der Waals surface area contributed by atoms with Crippen molar-refractivity contribution in [1.82, 2.24) is 4.98 Å². The Labute approximate surface area is 173 Å². The lowest BCUT2D eigenvalue weighted by Crippen LogP contribution is -2.14. The number of amides is 1. The van der Waals surface area contributed by atoms with E-state index < -0.39 is 5.63 Å². The number of aryl methyl sites for hydroxylation is 1. The number of unbranched alkanes of at least 4 members (excludes halogenated alkanes) is 1. The molecule has 0 radical (unpaired) electrons. The Morgan fingerprint density at radius 3 is 2.67 bits per heavy atom. The lowest BCUT2D eigenvalue weighted by Gasteiger charge is -2.10. The Morgan fingerprint density at radius 2 is 1.90 bits per heavy atom. The highest BCUT2D eigenvalue weighted by Crippen LogP contribution is 2.25. The maximum atomic E-state index is 12.7. The van der Waals surface area contributed by atoms with Gasteiger partial charge in [0.2, 0.25) is 0 Å². The molecule has 6 heteroatoms. The van der Waals surface area contributed by atoms with Crippen LogP contribution in [-0.2, 0) is 0 Å². The first-order valence-electron chi connectivity index (χ1n) is 9.94. The quantitative estimate of drug-likeness (QED) is 0.276. The fraction of sp³-hybridized carbons (Fsp3) is 0.208. The molecular weight excluding hydrogens is 380 g/mol. The summed E-state index contributed by atoms with van der Waals surface area (Å²) in [6.45, 7) is 4.56. The molecule has 2 aromatic carbocycles. The summed E-state index contributed by atoms with van der Waals surface area (Å²) in [7, 11) is 0. The van der Waals surface area contributed by atoms with Gasteiger partial charge >= 0.3 is 5.63 Å². The van der Waals surface area contributed by atoms with Gasteiger partial charge in [-0.2, -0.15) is 0 Å². The number of benzene rings is 2. The highest BCUT2D eigenvalue weighted by atomic mass is 16.5. The Hall–Kier alpha value is -3.67.